The summed E-state index contributed by atoms with van der Waals surface area (Å²) in [6, 6.07) is 9.95. The van der Waals surface area contributed by atoms with E-state index in [-0.39, 0.29) is 17.5 Å². The van der Waals surface area contributed by atoms with Crippen LogP contribution in [0, 0.1) is 6.92 Å². The number of phenols is 1. The summed E-state index contributed by atoms with van der Waals surface area (Å²) in [4.78, 5) is 18.1. The van der Waals surface area contributed by atoms with Gasteiger partial charge in [-0.15, -0.1) is 11.3 Å². The van der Waals surface area contributed by atoms with Crippen LogP contribution in [0.5, 0.6) is 5.75 Å². The van der Waals surface area contributed by atoms with Gasteiger partial charge in [0.25, 0.3) is 0 Å². The fourth-order valence-electron chi connectivity index (χ4n) is 3.32. The minimum absolute atomic E-state index is 0.0273. The van der Waals surface area contributed by atoms with Gasteiger partial charge in [0.15, 0.2) is 0 Å². The maximum Gasteiger partial charge on any atom is 0.416 e. The van der Waals surface area contributed by atoms with Crippen molar-refractivity contribution in [2.24, 2.45) is 0 Å². The molecule has 3 rings (SSSR count). The summed E-state index contributed by atoms with van der Waals surface area (Å²) >= 11 is 1.32. The van der Waals surface area contributed by atoms with Gasteiger partial charge in [0.05, 0.1) is 17.2 Å². The van der Waals surface area contributed by atoms with Gasteiger partial charge in [-0.2, -0.15) is 13.2 Å². The van der Waals surface area contributed by atoms with Crippen LogP contribution in [0.15, 0.2) is 42.5 Å². The van der Waals surface area contributed by atoms with Crippen LogP contribution in [0.3, 0.4) is 0 Å². The first-order valence-corrected chi connectivity index (χ1v) is 10.3. The Kier molecular flexibility index (Phi) is 6.04. The van der Waals surface area contributed by atoms with E-state index in [1.807, 2.05) is 13.8 Å². The number of Topliss-reactive ketones (excluding diaryl/α,β-unsaturated/α-hetero) is 1. The highest BCUT2D eigenvalue weighted by Crippen LogP contribution is 2.41. The number of aromatic nitrogens is 1. The molecule has 0 aliphatic rings. The Balaban J connectivity index is 2.10. The smallest absolute Gasteiger partial charge is 0.416 e. The molecule has 0 amide bonds. The Morgan fingerprint density at radius 1 is 1.10 bits per heavy atom. The number of halogens is 3. The predicted octanol–water partition coefficient (Wildman–Crippen LogP) is 6.69. The van der Waals surface area contributed by atoms with E-state index in [0.717, 1.165) is 28.3 Å². The van der Waals surface area contributed by atoms with Crippen molar-refractivity contribution in [3.05, 3.63) is 69.7 Å². The molecule has 0 fully saturated rings. The molecule has 0 aliphatic heterocycles. The third-order valence-corrected chi connectivity index (χ3v) is 6.10. The SMILES string of the molecule is CC(=O)C(c1ccc(O)c(C)c1)c1sc(-c2ccc(C(F)(F)F)cc2)nc1C(C)C. The van der Waals surface area contributed by atoms with Crippen LogP contribution in [0.25, 0.3) is 10.6 Å². The van der Waals surface area contributed by atoms with Gasteiger partial charge in [-0.3, -0.25) is 4.79 Å². The van der Waals surface area contributed by atoms with Gasteiger partial charge in [0, 0.05) is 10.4 Å². The number of phenolic OH excluding ortho intramolecular Hbond substituents is 1. The van der Waals surface area contributed by atoms with Gasteiger partial charge in [0.2, 0.25) is 0 Å². The van der Waals surface area contributed by atoms with Crippen molar-refractivity contribution in [3.8, 4) is 16.3 Å². The molecule has 3 aromatic rings. The summed E-state index contributed by atoms with van der Waals surface area (Å²) in [6.45, 7) is 7.21. The Morgan fingerprint density at radius 3 is 2.23 bits per heavy atom. The Morgan fingerprint density at radius 2 is 1.73 bits per heavy atom. The van der Waals surface area contributed by atoms with Gasteiger partial charge in [0.1, 0.15) is 16.5 Å². The molecule has 0 radical (unpaired) electrons. The number of alkyl halides is 3. The first-order valence-electron chi connectivity index (χ1n) is 9.47. The predicted molar refractivity (Wildman–Crippen MR) is 112 cm³/mol. The van der Waals surface area contributed by atoms with E-state index in [0.29, 0.717) is 16.1 Å². The first kappa shape index (κ1) is 22.0. The summed E-state index contributed by atoms with van der Waals surface area (Å²) in [5.74, 6) is -0.439. The van der Waals surface area contributed by atoms with Gasteiger partial charge in [-0.05, 0) is 49.1 Å². The van der Waals surface area contributed by atoms with E-state index in [1.54, 1.807) is 25.1 Å². The van der Waals surface area contributed by atoms with E-state index < -0.39 is 17.7 Å². The van der Waals surface area contributed by atoms with Crippen LogP contribution < -0.4 is 0 Å². The van der Waals surface area contributed by atoms with E-state index in [2.05, 4.69) is 4.98 Å². The molecule has 3 nitrogen and oxygen atoms in total. The number of rotatable bonds is 5. The fraction of sp³-hybridized carbons (Fsp3) is 0.304. The van der Waals surface area contributed by atoms with E-state index >= 15 is 0 Å². The average molecular weight is 433 g/mol. The Bertz CT molecular complexity index is 1070. The van der Waals surface area contributed by atoms with Crippen molar-refractivity contribution < 1.29 is 23.1 Å². The standard InChI is InChI=1S/C23H22F3NO2S/c1-12(2)20-21(19(14(4)28)16-7-10-18(29)13(3)11-16)30-22(27-20)15-5-8-17(9-6-15)23(24,25)26/h5-12,19,29H,1-4H3. The number of aryl methyl sites for hydroxylation is 1. The third-order valence-electron chi connectivity index (χ3n) is 4.91. The molecule has 1 unspecified atom stereocenters. The molecule has 1 aromatic heterocycles. The molecule has 1 N–H and O–H groups in total. The van der Waals surface area contributed by atoms with Crippen molar-refractivity contribution in [2.75, 3.05) is 0 Å². The lowest BCUT2D eigenvalue weighted by Gasteiger charge is -2.16. The highest BCUT2D eigenvalue weighted by molar-refractivity contribution is 7.15. The lowest BCUT2D eigenvalue weighted by atomic mass is 9.90. The Hall–Kier alpha value is -2.67. The van der Waals surface area contributed by atoms with Crippen molar-refractivity contribution in [3.63, 3.8) is 0 Å². The lowest BCUT2D eigenvalue weighted by molar-refractivity contribution is -0.137. The van der Waals surface area contributed by atoms with Crippen LogP contribution in [0.1, 0.15) is 59.9 Å². The largest absolute Gasteiger partial charge is 0.508 e. The maximum atomic E-state index is 12.9. The summed E-state index contributed by atoms with van der Waals surface area (Å²) in [5, 5.41) is 10.4. The summed E-state index contributed by atoms with van der Waals surface area (Å²) in [7, 11) is 0. The molecule has 1 heterocycles. The molecular formula is C23H22F3NO2S. The average Bonchev–Trinajstić information content (AvgIpc) is 3.09. The van der Waals surface area contributed by atoms with Crippen LogP contribution in [0.4, 0.5) is 13.2 Å². The lowest BCUT2D eigenvalue weighted by Crippen LogP contribution is -2.12. The number of hydrogen-bond acceptors (Lipinski definition) is 4. The molecule has 30 heavy (non-hydrogen) atoms. The molecule has 0 spiro atoms. The number of benzene rings is 2. The van der Waals surface area contributed by atoms with E-state index in [1.165, 1.54) is 30.4 Å². The second kappa shape index (κ2) is 8.22. The normalized spacial score (nSPS) is 12.9. The molecule has 2 aromatic carbocycles. The number of aromatic hydroxyl groups is 1. The first-order chi connectivity index (χ1) is 14.0. The highest BCUT2D eigenvalue weighted by atomic mass is 32.1. The monoisotopic (exact) mass is 433 g/mol. The minimum Gasteiger partial charge on any atom is -0.508 e. The summed E-state index contributed by atoms with van der Waals surface area (Å²) in [5.41, 5.74) is 2.03. The van der Waals surface area contributed by atoms with E-state index in [9.17, 15) is 23.1 Å². The maximum absolute atomic E-state index is 12.9. The van der Waals surface area contributed by atoms with Gasteiger partial charge in [-0.1, -0.05) is 38.1 Å². The number of carbonyl (C=O) groups is 1. The number of hydrogen-bond donors (Lipinski definition) is 1. The second-order valence-corrected chi connectivity index (χ2v) is 8.62. The van der Waals surface area contributed by atoms with Crippen LogP contribution >= 0.6 is 11.3 Å². The molecule has 7 heteroatoms. The zero-order chi connectivity index (χ0) is 22.2. The molecular weight excluding hydrogens is 411 g/mol. The molecule has 0 aliphatic carbocycles. The van der Waals surface area contributed by atoms with Crippen LogP contribution in [-0.4, -0.2) is 15.9 Å². The number of ketones is 1. The van der Waals surface area contributed by atoms with Gasteiger partial charge >= 0.3 is 6.18 Å². The highest BCUT2D eigenvalue weighted by Gasteiger charge is 2.31. The number of nitrogens with zero attached hydrogens (tertiary/aromatic N) is 1. The molecule has 0 bridgehead atoms. The second-order valence-electron chi connectivity index (χ2n) is 7.59. The Labute approximate surface area is 177 Å². The molecule has 1 atom stereocenters. The van der Waals surface area contributed by atoms with Crippen molar-refractivity contribution in [1.82, 2.24) is 4.98 Å². The molecule has 0 saturated carbocycles. The minimum atomic E-state index is -4.40. The zero-order valence-electron chi connectivity index (χ0n) is 17.0. The zero-order valence-corrected chi connectivity index (χ0v) is 17.9. The van der Waals surface area contributed by atoms with E-state index in [4.69, 9.17) is 0 Å². The summed E-state index contributed by atoms with van der Waals surface area (Å²) < 4.78 is 38.6. The van der Waals surface area contributed by atoms with Crippen molar-refractivity contribution >= 4 is 17.1 Å². The fourth-order valence-corrected chi connectivity index (χ4v) is 4.73. The van der Waals surface area contributed by atoms with Crippen molar-refractivity contribution in [1.29, 1.82) is 0 Å². The van der Waals surface area contributed by atoms with Gasteiger partial charge in [-0.25, -0.2) is 4.98 Å². The van der Waals surface area contributed by atoms with Crippen molar-refractivity contribution in [2.45, 2.75) is 45.7 Å². The molecule has 0 saturated heterocycles. The summed E-state index contributed by atoms with van der Waals surface area (Å²) in [6.07, 6.45) is -4.40. The quantitative estimate of drug-likeness (QED) is 0.488. The molecule has 158 valence electrons. The topological polar surface area (TPSA) is 50.2 Å². The van der Waals surface area contributed by atoms with Crippen LogP contribution in [0.2, 0.25) is 0 Å². The van der Waals surface area contributed by atoms with Crippen LogP contribution in [-0.2, 0) is 11.0 Å². The number of thiazole rings is 1. The number of carbonyl (C=O) groups excluding carboxylic acids is 1. The third kappa shape index (κ3) is 4.41. The van der Waals surface area contributed by atoms with Gasteiger partial charge < -0.3 is 5.11 Å².